The molecule has 0 heterocycles. The maximum atomic E-state index is 5.54. The Labute approximate surface area is 88.2 Å². The van der Waals surface area contributed by atoms with Crippen molar-refractivity contribution in [3.05, 3.63) is 0 Å². The van der Waals surface area contributed by atoms with Crippen molar-refractivity contribution in [2.45, 2.75) is 45.8 Å². The number of likely N-dealkylation sites (N-methyl/N-ethyl adjacent to an activating group) is 1. The molecule has 0 aliphatic heterocycles. The zero-order valence-electron chi connectivity index (χ0n) is 10.0. The summed E-state index contributed by atoms with van der Waals surface area (Å²) in [5.74, 6) is 0. The summed E-state index contributed by atoms with van der Waals surface area (Å²) in [6, 6.07) is 0.321. The molecule has 0 aromatic heterocycles. The molecule has 14 heavy (non-hydrogen) atoms. The second-order valence-corrected chi connectivity index (χ2v) is 3.42. The van der Waals surface area contributed by atoms with E-state index in [0.29, 0.717) is 6.04 Å². The molecule has 0 radical (unpaired) electrons. The van der Waals surface area contributed by atoms with Crippen LogP contribution in [0.15, 0.2) is 0 Å². The Hall–Kier alpha value is -0.120. The maximum Gasteiger partial charge on any atom is 0.0744 e. The van der Waals surface area contributed by atoms with E-state index in [1.807, 2.05) is 0 Å². The summed E-state index contributed by atoms with van der Waals surface area (Å²) < 4.78 is 10.9. The largest absolute Gasteiger partial charge is 0.380 e. The fourth-order valence-corrected chi connectivity index (χ4v) is 1.53. The fourth-order valence-electron chi connectivity index (χ4n) is 1.53. The monoisotopic (exact) mass is 203 g/mol. The number of methoxy groups -OCH3 is 1. The van der Waals surface area contributed by atoms with E-state index in [1.165, 1.54) is 0 Å². The molecule has 3 heteroatoms. The van der Waals surface area contributed by atoms with Gasteiger partial charge >= 0.3 is 0 Å². The molecule has 0 spiro atoms. The molecule has 0 amide bonds. The summed E-state index contributed by atoms with van der Waals surface area (Å²) in [7, 11) is 1.76. The Morgan fingerprint density at radius 1 is 1.21 bits per heavy atom. The number of hydrogen-bond acceptors (Lipinski definition) is 3. The molecule has 2 unspecified atom stereocenters. The van der Waals surface area contributed by atoms with Gasteiger partial charge in [0.25, 0.3) is 0 Å². The Balaban J connectivity index is 3.85. The number of rotatable bonds is 9. The molecule has 0 aromatic carbocycles. The minimum absolute atomic E-state index is 0.256. The van der Waals surface area contributed by atoms with Gasteiger partial charge < -0.3 is 14.8 Å². The van der Waals surface area contributed by atoms with Gasteiger partial charge in [0.1, 0.15) is 0 Å². The van der Waals surface area contributed by atoms with Crippen LogP contribution in [0.25, 0.3) is 0 Å². The van der Waals surface area contributed by atoms with E-state index in [2.05, 4.69) is 26.1 Å². The molecule has 2 atom stereocenters. The molecule has 1 N–H and O–H groups in total. The molecule has 0 aliphatic rings. The van der Waals surface area contributed by atoms with Gasteiger partial charge in [0.05, 0.1) is 18.8 Å². The summed E-state index contributed by atoms with van der Waals surface area (Å²) >= 11 is 0. The van der Waals surface area contributed by atoms with Crippen LogP contribution in [0.4, 0.5) is 0 Å². The van der Waals surface area contributed by atoms with Crippen molar-refractivity contribution in [3.63, 3.8) is 0 Å². The normalized spacial score (nSPS) is 15.4. The second kappa shape index (κ2) is 9.44. The van der Waals surface area contributed by atoms with Crippen molar-refractivity contribution in [1.82, 2.24) is 5.32 Å². The van der Waals surface area contributed by atoms with Crippen LogP contribution in [-0.4, -0.2) is 39.0 Å². The molecule has 0 saturated heterocycles. The topological polar surface area (TPSA) is 30.5 Å². The number of nitrogens with one attached hydrogen (secondary N) is 1. The molecule has 0 saturated carbocycles. The van der Waals surface area contributed by atoms with E-state index in [-0.39, 0.29) is 6.10 Å². The van der Waals surface area contributed by atoms with E-state index in [0.717, 1.165) is 32.6 Å². The fraction of sp³-hybridized carbons (Fsp3) is 1.00. The molecule has 3 nitrogen and oxygen atoms in total. The highest BCUT2D eigenvalue weighted by atomic mass is 16.5. The number of ether oxygens (including phenoxy) is 2. The van der Waals surface area contributed by atoms with Gasteiger partial charge in [-0.1, -0.05) is 20.8 Å². The van der Waals surface area contributed by atoms with Gasteiger partial charge in [-0.2, -0.15) is 0 Å². The van der Waals surface area contributed by atoms with Crippen LogP contribution in [0.1, 0.15) is 33.6 Å². The standard InChI is InChI=1S/C11H25NO2/c1-5-8-14-9-10(12-7-3)11(6-2)13-4/h10-12H,5-9H2,1-4H3. The third-order valence-corrected chi connectivity index (χ3v) is 2.27. The van der Waals surface area contributed by atoms with Crippen LogP contribution in [0.3, 0.4) is 0 Å². The molecule has 0 rings (SSSR count). The van der Waals surface area contributed by atoms with E-state index in [1.54, 1.807) is 7.11 Å². The first-order valence-electron chi connectivity index (χ1n) is 5.63. The van der Waals surface area contributed by atoms with Crippen LogP contribution in [-0.2, 0) is 9.47 Å². The molecular formula is C11H25NO2. The predicted octanol–water partition coefficient (Wildman–Crippen LogP) is 1.82. The summed E-state index contributed by atoms with van der Waals surface area (Å²) in [4.78, 5) is 0. The first kappa shape index (κ1) is 13.9. The average Bonchev–Trinajstić information content (AvgIpc) is 2.20. The van der Waals surface area contributed by atoms with Gasteiger partial charge in [-0.25, -0.2) is 0 Å². The first-order chi connectivity index (χ1) is 6.79. The average molecular weight is 203 g/mol. The van der Waals surface area contributed by atoms with Gasteiger partial charge in [-0.05, 0) is 19.4 Å². The van der Waals surface area contributed by atoms with E-state index in [9.17, 15) is 0 Å². The quantitative estimate of drug-likeness (QED) is 0.580. The maximum absolute atomic E-state index is 5.54. The van der Waals surface area contributed by atoms with Gasteiger partial charge in [0.2, 0.25) is 0 Å². The molecule has 0 aliphatic carbocycles. The summed E-state index contributed by atoms with van der Waals surface area (Å²) in [6.07, 6.45) is 2.35. The minimum Gasteiger partial charge on any atom is -0.380 e. The van der Waals surface area contributed by atoms with Gasteiger partial charge in [0.15, 0.2) is 0 Å². The smallest absolute Gasteiger partial charge is 0.0744 e. The highest BCUT2D eigenvalue weighted by Gasteiger charge is 2.18. The molecule has 0 fully saturated rings. The zero-order valence-corrected chi connectivity index (χ0v) is 10.0. The van der Waals surface area contributed by atoms with Crippen LogP contribution in [0.2, 0.25) is 0 Å². The van der Waals surface area contributed by atoms with Crippen molar-refractivity contribution in [1.29, 1.82) is 0 Å². The lowest BCUT2D eigenvalue weighted by atomic mass is 10.1. The lowest BCUT2D eigenvalue weighted by molar-refractivity contribution is 0.0200. The lowest BCUT2D eigenvalue weighted by Crippen LogP contribution is -2.44. The number of hydrogen-bond donors (Lipinski definition) is 1. The molecule has 0 aromatic rings. The van der Waals surface area contributed by atoms with Gasteiger partial charge in [0, 0.05) is 13.7 Å². The van der Waals surface area contributed by atoms with E-state index in [4.69, 9.17) is 9.47 Å². The van der Waals surface area contributed by atoms with Crippen molar-refractivity contribution in [2.75, 3.05) is 26.9 Å². The van der Waals surface area contributed by atoms with Crippen molar-refractivity contribution in [3.8, 4) is 0 Å². The Bertz CT molecular complexity index is 116. The molecular weight excluding hydrogens is 178 g/mol. The van der Waals surface area contributed by atoms with Crippen LogP contribution in [0, 0.1) is 0 Å². The first-order valence-corrected chi connectivity index (χ1v) is 5.63. The zero-order chi connectivity index (χ0) is 10.8. The van der Waals surface area contributed by atoms with Crippen LogP contribution < -0.4 is 5.32 Å². The SMILES string of the molecule is CCCOCC(NCC)C(CC)OC. The van der Waals surface area contributed by atoms with Crippen LogP contribution in [0.5, 0.6) is 0 Å². The van der Waals surface area contributed by atoms with E-state index < -0.39 is 0 Å². The third kappa shape index (κ3) is 5.58. The van der Waals surface area contributed by atoms with Crippen molar-refractivity contribution in [2.24, 2.45) is 0 Å². The Morgan fingerprint density at radius 3 is 2.36 bits per heavy atom. The van der Waals surface area contributed by atoms with Crippen molar-refractivity contribution >= 4 is 0 Å². The highest BCUT2D eigenvalue weighted by Crippen LogP contribution is 2.04. The van der Waals surface area contributed by atoms with E-state index >= 15 is 0 Å². The Kier molecular flexibility index (Phi) is 9.35. The summed E-state index contributed by atoms with van der Waals surface area (Å²) in [6.45, 7) is 8.90. The minimum atomic E-state index is 0.256. The lowest BCUT2D eigenvalue weighted by Gasteiger charge is -2.25. The Morgan fingerprint density at radius 2 is 1.93 bits per heavy atom. The van der Waals surface area contributed by atoms with Crippen molar-refractivity contribution < 1.29 is 9.47 Å². The third-order valence-electron chi connectivity index (χ3n) is 2.27. The van der Waals surface area contributed by atoms with Gasteiger partial charge in [-0.15, -0.1) is 0 Å². The van der Waals surface area contributed by atoms with Gasteiger partial charge in [-0.3, -0.25) is 0 Å². The molecule has 86 valence electrons. The summed E-state index contributed by atoms with van der Waals surface area (Å²) in [5.41, 5.74) is 0. The predicted molar refractivity (Wildman–Crippen MR) is 59.7 cm³/mol. The molecule has 0 bridgehead atoms. The van der Waals surface area contributed by atoms with Crippen LogP contribution >= 0.6 is 0 Å². The second-order valence-electron chi connectivity index (χ2n) is 3.42. The highest BCUT2D eigenvalue weighted by molar-refractivity contribution is 4.75. The summed E-state index contributed by atoms with van der Waals surface area (Å²) in [5, 5.41) is 3.39.